The molecule has 2 aromatic heterocycles. The van der Waals surface area contributed by atoms with Crippen molar-refractivity contribution in [2.24, 2.45) is 0 Å². The van der Waals surface area contributed by atoms with Gasteiger partial charge < -0.3 is 11.1 Å². The Morgan fingerprint density at radius 1 is 1.35 bits per heavy atom. The fourth-order valence-electron chi connectivity index (χ4n) is 2.08. The van der Waals surface area contributed by atoms with E-state index in [1.165, 1.54) is 0 Å². The fraction of sp³-hybridized carbons (Fsp3) is 0.0714. The lowest BCUT2D eigenvalue weighted by atomic mass is 10.2. The normalized spacial score (nSPS) is 10.7. The van der Waals surface area contributed by atoms with Crippen molar-refractivity contribution < 1.29 is 4.79 Å². The highest BCUT2D eigenvalue weighted by atomic mass is 16.1. The Balaban J connectivity index is 1.91. The van der Waals surface area contributed by atoms with E-state index in [9.17, 15) is 4.79 Å². The maximum atomic E-state index is 12.2. The van der Waals surface area contributed by atoms with Crippen molar-refractivity contribution >= 4 is 28.3 Å². The average Bonchev–Trinajstić information content (AvgIpc) is 2.78. The molecule has 100 valence electrons. The number of benzene rings is 1. The van der Waals surface area contributed by atoms with Crippen molar-refractivity contribution in [2.45, 2.75) is 6.92 Å². The van der Waals surface area contributed by atoms with Gasteiger partial charge in [-0.2, -0.15) is 5.10 Å². The Morgan fingerprint density at radius 3 is 2.95 bits per heavy atom. The van der Waals surface area contributed by atoms with E-state index >= 15 is 0 Å². The van der Waals surface area contributed by atoms with Gasteiger partial charge in [-0.05, 0) is 31.2 Å². The molecule has 0 radical (unpaired) electrons. The number of hydrogen-bond acceptors (Lipinski definition) is 4. The number of pyridine rings is 1. The van der Waals surface area contributed by atoms with Gasteiger partial charge in [0, 0.05) is 23.0 Å². The molecule has 0 fully saturated rings. The SMILES string of the molecule is Cc1[nH]nc(N)c1C(=O)Nc1ccc2ncccc2c1. The number of nitrogens with zero attached hydrogens (tertiary/aromatic N) is 2. The van der Waals surface area contributed by atoms with Gasteiger partial charge in [0.2, 0.25) is 0 Å². The van der Waals surface area contributed by atoms with Gasteiger partial charge >= 0.3 is 0 Å². The number of aryl methyl sites for hydroxylation is 1. The van der Waals surface area contributed by atoms with Crippen LogP contribution in [-0.4, -0.2) is 21.1 Å². The number of amides is 1. The lowest BCUT2D eigenvalue weighted by Gasteiger charge is -2.06. The fourth-order valence-corrected chi connectivity index (χ4v) is 2.08. The summed E-state index contributed by atoms with van der Waals surface area (Å²) in [6.45, 7) is 1.75. The predicted molar refractivity (Wildman–Crippen MR) is 77.4 cm³/mol. The summed E-state index contributed by atoms with van der Waals surface area (Å²) in [5.41, 5.74) is 8.26. The Bertz CT molecular complexity index is 774. The molecule has 6 nitrogen and oxygen atoms in total. The molecule has 1 aromatic carbocycles. The second kappa shape index (κ2) is 4.65. The van der Waals surface area contributed by atoms with E-state index in [1.807, 2.05) is 24.3 Å². The van der Waals surface area contributed by atoms with Gasteiger partial charge in [0.25, 0.3) is 5.91 Å². The Labute approximate surface area is 115 Å². The first-order valence-corrected chi connectivity index (χ1v) is 6.12. The van der Waals surface area contributed by atoms with Crippen LogP contribution in [0, 0.1) is 6.92 Å². The van der Waals surface area contributed by atoms with Crippen LogP contribution in [-0.2, 0) is 0 Å². The van der Waals surface area contributed by atoms with E-state index in [2.05, 4.69) is 20.5 Å². The molecular weight excluding hydrogens is 254 g/mol. The van der Waals surface area contributed by atoms with Crippen molar-refractivity contribution in [3.05, 3.63) is 47.8 Å². The molecule has 20 heavy (non-hydrogen) atoms. The minimum Gasteiger partial charge on any atom is -0.382 e. The summed E-state index contributed by atoms with van der Waals surface area (Å²) in [6.07, 6.45) is 1.73. The van der Waals surface area contributed by atoms with Crippen LogP contribution in [0.3, 0.4) is 0 Å². The van der Waals surface area contributed by atoms with Crippen molar-refractivity contribution in [3.63, 3.8) is 0 Å². The quantitative estimate of drug-likeness (QED) is 0.662. The van der Waals surface area contributed by atoms with Crippen molar-refractivity contribution in [2.75, 3.05) is 11.1 Å². The van der Waals surface area contributed by atoms with E-state index in [1.54, 1.807) is 19.2 Å². The van der Waals surface area contributed by atoms with E-state index in [4.69, 9.17) is 5.73 Å². The molecule has 0 saturated carbocycles. The highest BCUT2D eigenvalue weighted by Crippen LogP contribution is 2.19. The van der Waals surface area contributed by atoms with Crippen LogP contribution in [0.1, 0.15) is 16.1 Å². The number of hydrogen-bond donors (Lipinski definition) is 3. The number of fused-ring (bicyclic) bond motifs is 1. The topological polar surface area (TPSA) is 96.7 Å². The summed E-state index contributed by atoms with van der Waals surface area (Å²) >= 11 is 0. The smallest absolute Gasteiger partial charge is 0.261 e. The molecule has 0 spiro atoms. The number of carbonyl (C=O) groups is 1. The zero-order chi connectivity index (χ0) is 14.1. The van der Waals surface area contributed by atoms with Crippen LogP contribution in [0.2, 0.25) is 0 Å². The van der Waals surface area contributed by atoms with Crippen molar-refractivity contribution in [1.82, 2.24) is 15.2 Å². The first kappa shape index (κ1) is 12.2. The summed E-state index contributed by atoms with van der Waals surface area (Å²) in [6, 6.07) is 9.32. The van der Waals surface area contributed by atoms with Crippen LogP contribution < -0.4 is 11.1 Å². The molecule has 4 N–H and O–H groups in total. The first-order chi connectivity index (χ1) is 9.65. The number of H-pyrrole nitrogens is 1. The van der Waals surface area contributed by atoms with Crippen molar-refractivity contribution in [3.8, 4) is 0 Å². The predicted octanol–water partition coefficient (Wildman–Crippen LogP) is 2.10. The van der Waals surface area contributed by atoms with Crippen LogP contribution >= 0.6 is 0 Å². The number of nitrogens with one attached hydrogen (secondary N) is 2. The summed E-state index contributed by atoms with van der Waals surface area (Å²) in [5, 5.41) is 10.3. The maximum Gasteiger partial charge on any atom is 0.261 e. The molecule has 0 bridgehead atoms. The van der Waals surface area contributed by atoms with Gasteiger partial charge in [-0.1, -0.05) is 6.07 Å². The van der Waals surface area contributed by atoms with Gasteiger partial charge in [-0.3, -0.25) is 14.9 Å². The summed E-state index contributed by atoms with van der Waals surface area (Å²) < 4.78 is 0. The van der Waals surface area contributed by atoms with Crippen LogP contribution in [0.15, 0.2) is 36.5 Å². The molecule has 2 heterocycles. The minimum atomic E-state index is -0.281. The Hall–Kier alpha value is -2.89. The van der Waals surface area contributed by atoms with E-state index in [0.29, 0.717) is 16.9 Å². The molecule has 0 saturated heterocycles. The number of aromatic amines is 1. The number of carbonyl (C=O) groups excluding carboxylic acids is 1. The molecule has 1 amide bonds. The number of rotatable bonds is 2. The second-order valence-corrected chi connectivity index (χ2v) is 4.47. The zero-order valence-electron chi connectivity index (χ0n) is 10.8. The van der Waals surface area contributed by atoms with Gasteiger partial charge in [0.1, 0.15) is 5.56 Å². The number of anilines is 2. The van der Waals surface area contributed by atoms with E-state index in [0.717, 1.165) is 10.9 Å². The summed E-state index contributed by atoms with van der Waals surface area (Å²) in [7, 11) is 0. The average molecular weight is 267 g/mol. The van der Waals surface area contributed by atoms with Gasteiger partial charge in [0.05, 0.1) is 5.52 Å². The van der Waals surface area contributed by atoms with Crippen LogP contribution in [0.4, 0.5) is 11.5 Å². The second-order valence-electron chi connectivity index (χ2n) is 4.47. The molecule has 3 rings (SSSR count). The number of aromatic nitrogens is 3. The third kappa shape index (κ3) is 2.07. The summed E-state index contributed by atoms with van der Waals surface area (Å²) in [5.74, 6) is -0.0838. The lowest BCUT2D eigenvalue weighted by molar-refractivity contribution is 0.102. The standard InChI is InChI=1S/C14H13N5O/c1-8-12(13(15)19-18-8)14(20)17-10-4-5-11-9(7-10)3-2-6-16-11/h2-7H,1H3,(H,17,20)(H3,15,18,19). The maximum absolute atomic E-state index is 12.2. The number of nitrogens with two attached hydrogens (primary N) is 1. The van der Waals surface area contributed by atoms with Gasteiger partial charge in [-0.25, -0.2) is 0 Å². The first-order valence-electron chi connectivity index (χ1n) is 6.12. The van der Waals surface area contributed by atoms with Crippen LogP contribution in [0.5, 0.6) is 0 Å². The lowest BCUT2D eigenvalue weighted by Crippen LogP contribution is -2.14. The number of nitrogen functional groups attached to an aromatic ring is 1. The Morgan fingerprint density at radius 2 is 2.20 bits per heavy atom. The molecule has 6 heteroatoms. The highest BCUT2D eigenvalue weighted by Gasteiger charge is 2.16. The summed E-state index contributed by atoms with van der Waals surface area (Å²) in [4.78, 5) is 16.4. The molecule has 0 atom stereocenters. The molecule has 0 aliphatic carbocycles. The largest absolute Gasteiger partial charge is 0.382 e. The van der Waals surface area contributed by atoms with Gasteiger partial charge in [0.15, 0.2) is 5.82 Å². The third-order valence-corrected chi connectivity index (χ3v) is 3.06. The third-order valence-electron chi connectivity index (χ3n) is 3.06. The van der Waals surface area contributed by atoms with Gasteiger partial charge in [-0.15, -0.1) is 0 Å². The van der Waals surface area contributed by atoms with E-state index < -0.39 is 0 Å². The van der Waals surface area contributed by atoms with Crippen LogP contribution in [0.25, 0.3) is 10.9 Å². The molecule has 0 aliphatic rings. The zero-order valence-corrected chi connectivity index (χ0v) is 10.8. The Kier molecular flexibility index (Phi) is 2.83. The van der Waals surface area contributed by atoms with Crippen molar-refractivity contribution in [1.29, 1.82) is 0 Å². The van der Waals surface area contributed by atoms with E-state index in [-0.39, 0.29) is 11.7 Å². The minimum absolute atomic E-state index is 0.197. The molecule has 0 aliphatic heterocycles. The highest BCUT2D eigenvalue weighted by molar-refractivity contribution is 6.08. The monoisotopic (exact) mass is 267 g/mol. The molecular formula is C14H13N5O. The molecule has 0 unspecified atom stereocenters. The molecule has 3 aromatic rings.